The second kappa shape index (κ2) is 15.4. The maximum absolute atomic E-state index is 11.8. The first kappa shape index (κ1) is 28.7. The first-order chi connectivity index (χ1) is 16.8. The van der Waals surface area contributed by atoms with Gasteiger partial charge in [0.05, 0.1) is 33.0 Å². The van der Waals surface area contributed by atoms with Crippen molar-refractivity contribution in [1.29, 1.82) is 0 Å². The lowest BCUT2D eigenvalue weighted by atomic mass is 10.1. The average Bonchev–Trinajstić information content (AvgIpc) is 3.41. The van der Waals surface area contributed by atoms with Crippen LogP contribution in [0.15, 0.2) is 0 Å². The lowest BCUT2D eigenvalue weighted by Gasteiger charge is -2.19. The number of carbonyl (C=O) groups is 3. The van der Waals surface area contributed by atoms with Crippen molar-refractivity contribution >= 4 is 18.1 Å². The van der Waals surface area contributed by atoms with Crippen LogP contribution in [0.4, 0.5) is 9.59 Å². The summed E-state index contributed by atoms with van der Waals surface area (Å²) in [6.07, 6.45) is 2.93. The number of ether oxygens (including phenoxy) is 4. The Kier molecular flexibility index (Phi) is 12.7. The average molecular weight is 498 g/mol. The summed E-state index contributed by atoms with van der Waals surface area (Å²) in [5, 5.41) is 5.27. The molecule has 0 aliphatic heterocycles. The third-order valence-corrected chi connectivity index (χ3v) is 5.46. The molecular formula is C24H39N3O8. The summed E-state index contributed by atoms with van der Waals surface area (Å²) in [4.78, 5) is 39.6. The van der Waals surface area contributed by atoms with Crippen molar-refractivity contribution in [3.05, 3.63) is 0 Å². The van der Waals surface area contributed by atoms with Gasteiger partial charge in [0, 0.05) is 25.9 Å². The Morgan fingerprint density at radius 2 is 1.46 bits per heavy atom. The van der Waals surface area contributed by atoms with Crippen LogP contribution in [0.2, 0.25) is 0 Å². The molecule has 0 aromatic heterocycles. The Balaban J connectivity index is 1.33. The zero-order valence-electron chi connectivity index (χ0n) is 21.0. The van der Waals surface area contributed by atoms with Gasteiger partial charge in [-0.3, -0.25) is 9.63 Å². The molecule has 2 unspecified atom stereocenters. The van der Waals surface area contributed by atoms with Gasteiger partial charge in [0.1, 0.15) is 5.60 Å². The number of nitrogens with one attached hydrogen (secondary N) is 3. The normalized spacial score (nSPS) is 20.7. The monoisotopic (exact) mass is 497 g/mol. The Bertz CT molecular complexity index is 725. The fourth-order valence-electron chi connectivity index (χ4n) is 3.83. The van der Waals surface area contributed by atoms with Gasteiger partial charge in [0.2, 0.25) is 5.91 Å². The molecule has 0 heterocycles. The van der Waals surface area contributed by atoms with Gasteiger partial charge >= 0.3 is 12.2 Å². The smallest absolute Gasteiger partial charge is 0.431 e. The fraction of sp³-hybridized carbons (Fsp3) is 0.792. The molecule has 1 saturated carbocycles. The van der Waals surface area contributed by atoms with E-state index < -0.39 is 23.7 Å². The van der Waals surface area contributed by atoms with Crippen LogP contribution in [0.3, 0.4) is 0 Å². The van der Waals surface area contributed by atoms with Crippen molar-refractivity contribution in [1.82, 2.24) is 16.1 Å². The molecule has 3 amide bonds. The van der Waals surface area contributed by atoms with Crippen LogP contribution in [-0.4, -0.2) is 76.4 Å². The van der Waals surface area contributed by atoms with Gasteiger partial charge in [0.15, 0.2) is 6.61 Å². The van der Waals surface area contributed by atoms with E-state index in [1.807, 2.05) is 5.48 Å². The minimum atomic E-state index is -0.766. The fourth-order valence-corrected chi connectivity index (χ4v) is 3.83. The lowest BCUT2D eigenvalue weighted by molar-refractivity contribution is -0.128. The summed E-state index contributed by atoms with van der Waals surface area (Å²) in [5.41, 5.74) is 1.38. The molecule has 0 bridgehead atoms. The molecule has 35 heavy (non-hydrogen) atoms. The number of fused-ring (bicyclic) bond motifs is 1. The summed E-state index contributed by atoms with van der Waals surface area (Å²) in [6, 6.07) is 0. The van der Waals surface area contributed by atoms with Crippen molar-refractivity contribution in [3.63, 3.8) is 0 Å². The van der Waals surface area contributed by atoms with Crippen LogP contribution in [0.1, 0.15) is 46.5 Å². The van der Waals surface area contributed by atoms with E-state index in [1.54, 1.807) is 20.8 Å². The van der Waals surface area contributed by atoms with Crippen molar-refractivity contribution in [2.45, 2.75) is 52.1 Å². The van der Waals surface area contributed by atoms with Crippen LogP contribution in [-0.2, 0) is 28.6 Å². The molecule has 0 radical (unpaired) electrons. The standard InChI is InChI=1S/C24H39N3O8/c1-24(2,3)35-23(30)27-34-17-21(28)25-10-12-31-14-15-32-13-11-26-22(29)33-16-20-18-8-6-4-5-7-9-19(18)20/h18-20H,6-17H2,1-3H3,(H,25,28)(H,26,29)(H,27,30). The van der Waals surface area contributed by atoms with E-state index in [0.717, 1.165) is 25.7 Å². The summed E-state index contributed by atoms with van der Waals surface area (Å²) < 4.78 is 21.1. The molecule has 0 aromatic rings. The number of carbonyl (C=O) groups excluding carboxylic acids is 3. The van der Waals surface area contributed by atoms with E-state index in [0.29, 0.717) is 57.3 Å². The number of rotatable bonds is 14. The van der Waals surface area contributed by atoms with Crippen LogP contribution >= 0.6 is 0 Å². The second-order valence-electron chi connectivity index (χ2n) is 9.42. The molecule has 1 fully saturated rings. The number of hydrogen-bond donors (Lipinski definition) is 3. The Hall–Kier alpha value is -2.55. The third kappa shape index (κ3) is 13.2. The zero-order chi connectivity index (χ0) is 25.5. The van der Waals surface area contributed by atoms with E-state index in [-0.39, 0.29) is 13.2 Å². The first-order valence-electron chi connectivity index (χ1n) is 12.2. The summed E-state index contributed by atoms with van der Waals surface area (Å²) in [7, 11) is 0. The Morgan fingerprint density at radius 1 is 0.857 bits per heavy atom. The van der Waals surface area contributed by atoms with Crippen LogP contribution in [0, 0.1) is 29.6 Å². The van der Waals surface area contributed by atoms with E-state index >= 15 is 0 Å². The highest BCUT2D eigenvalue weighted by Gasteiger charge is 2.49. The van der Waals surface area contributed by atoms with Gasteiger partial charge in [0.25, 0.3) is 0 Å². The molecular weight excluding hydrogens is 458 g/mol. The highest BCUT2D eigenvalue weighted by atomic mass is 16.7. The number of hydrogen-bond acceptors (Lipinski definition) is 8. The molecule has 2 atom stereocenters. The van der Waals surface area contributed by atoms with Gasteiger partial charge in [-0.2, -0.15) is 5.48 Å². The topological polar surface area (TPSA) is 133 Å². The predicted molar refractivity (Wildman–Crippen MR) is 126 cm³/mol. The SMILES string of the molecule is CC(C)(C)OC(=O)NOCC(=O)NCCOCCOCCNC(=O)OCC1C2CCC#CCCC21. The van der Waals surface area contributed by atoms with Crippen molar-refractivity contribution in [2.24, 2.45) is 17.8 Å². The molecule has 0 aromatic carbocycles. The van der Waals surface area contributed by atoms with Gasteiger partial charge < -0.3 is 29.6 Å². The molecule has 0 spiro atoms. The predicted octanol–water partition coefficient (Wildman–Crippen LogP) is 1.76. The highest BCUT2D eigenvalue weighted by Crippen LogP contribution is 2.52. The maximum Gasteiger partial charge on any atom is 0.431 e. The van der Waals surface area contributed by atoms with Crippen LogP contribution in [0.5, 0.6) is 0 Å². The minimum absolute atomic E-state index is 0.289. The molecule has 11 heteroatoms. The molecule has 3 N–H and O–H groups in total. The van der Waals surface area contributed by atoms with E-state index in [1.165, 1.54) is 0 Å². The van der Waals surface area contributed by atoms with Gasteiger partial charge in [-0.15, -0.1) is 11.8 Å². The summed E-state index contributed by atoms with van der Waals surface area (Å²) >= 11 is 0. The van der Waals surface area contributed by atoms with Crippen LogP contribution < -0.4 is 16.1 Å². The Morgan fingerprint density at radius 3 is 2.06 bits per heavy atom. The van der Waals surface area contributed by atoms with Gasteiger partial charge in [-0.1, -0.05) is 0 Å². The molecule has 2 aliphatic rings. The quantitative estimate of drug-likeness (QED) is 0.188. The molecule has 11 nitrogen and oxygen atoms in total. The summed E-state index contributed by atoms with van der Waals surface area (Å²) in [6.45, 7) is 7.30. The zero-order valence-corrected chi connectivity index (χ0v) is 21.0. The minimum Gasteiger partial charge on any atom is -0.449 e. The second-order valence-corrected chi connectivity index (χ2v) is 9.42. The van der Waals surface area contributed by atoms with E-state index in [9.17, 15) is 14.4 Å². The van der Waals surface area contributed by atoms with E-state index in [4.69, 9.17) is 23.8 Å². The molecule has 198 valence electrons. The molecule has 0 saturated heterocycles. The van der Waals surface area contributed by atoms with Crippen LogP contribution in [0.25, 0.3) is 0 Å². The maximum atomic E-state index is 11.8. The van der Waals surface area contributed by atoms with Crippen molar-refractivity contribution < 1.29 is 38.2 Å². The molecule has 2 rings (SSSR count). The number of alkyl carbamates (subject to hydrolysis) is 1. The van der Waals surface area contributed by atoms with Gasteiger partial charge in [-0.05, 0) is 51.4 Å². The number of hydroxylamine groups is 1. The largest absolute Gasteiger partial charge is 0.449 e. The first-order valence-corrected chi connectivity index (χ1v) is 12.2. The number of amides is 3. The Labute approximate surface area is 207 Å². The van der Waals surface area contributed by atoms with Crippen molar-refractivity contribution in [3.8, 4) is 11.8 Å². The van der Waals surface area contributed by atoms with Gasteiger partial charge in [-0.25, -0.2) is 9.59 Å². The molecule has 2 aliphatic carbocycles. The highest BCUT2D eigenvalue weighted by molar-refractivity contribution is 5.77. The lowest BCUT2D eigenvalue weighted by Crippen LogP contribution is -2.37. The third-order valence-electron chi connectivity index (χ3n) is 5.46. The van der Waals surface area contributed by atoms with Crippen molar-refractivity contribution in [2.75, 3.05) is 52.7 Å². The summed E-state index contributed by atoms with van der Waals surface area (Å²) in [5.74, 6) is 7.74. The van der Waals surface area contributed by atoms with E-state index in [2.05, 4.69) is 22.5 Å².